The molecule has 1 unspecified atom stereocenters. The Balaban J connectivity index is 1.80. The van der Waals surface area contributed by atoms with E-state index in [1.54, 1.807) is 0 Å². The van der Waals surface area contributed by atoms with E-state index in [1.165, 1.54) is 23.5 Å². The number of benzene rings is 1. The van der Waals surface area contributed by atoms with Crippen LogP contribution in [0.15, 0.2) is 17.0 Å². The Morgan fingerprint density at radius 1 is 1.17 bits per heavy atom. The van der Waals surface area contributed by atoms with Gasteiger partial charge in [0.25, 0.3) is 0 Å². The molecule has 0 amide bonds. The fraction of sp³-hybridized carbons (Fsp3) is 0.600. The van der Waals surface area contributed by atoms with Crippen LogP contribution < -0.4 is 10.1 Å². The van der Waals surface area contributed by atoms with Crippen LogP contribution in [0.4, 0.5) is 0 Å². The maximum absolute atomic E-state index is 12.9. The summed E-state index contributed by atoms with van der Waals surface area (Å²) in [6.07, 6.45) is 0.834. The highest BCUT2D eigenvalue weighted by atomic mass is 35.5. The van der Waals surface area contributed by atoms with Crippen molar-refractivity contribution in [2.75, 3.05) is 46.4 Å². The molecule has 2 aliphatic heterocycles. The normalized spacial score (nSPS) is 23.5. The lowest BCUT2D eigenvalue weighted by atomic mass is 10.2. The van der Waals surface area contributed by atoms with E-state index in [4.69, 9.17) is 27.9 Å². The lowest BCUT2D eigenvalue weighted by Crippen LogP contribution is -2.49. The van der Waals surface area contributed by atoms with Gasteiger partial charge in [-0.1, -0.05) is 23.2 Å². The molecule has 1 aromatic rings. The fourth-order valence-corrected chi connectivity index (χ4v) is 5.59. The van der Waals surface area contributed by atoms with Crippen molar-refractivity contribution in [2.45, 2.75) is 17.4 Å². The van der Waals surface area contributed by atoms with Gasteiger partial charge in [-0.3, -0.25) is 4.90 Å². The Labute approximate surface area is 152 Å². The van der Waals surface area contributed by atoms with E-state index in [9.17, 15) is 8.42 Å². The highest BCUT2D eigenvalue weighted by Crippen LogP contribution is 2.38. The molecule has 0 radical (unpaired) electrons. The molecule has 6 nitrogen and oxygen atoms in total. The Hall–Kier alpha value is -0.570. The molecular weight excluding hydrogens is 373 g/mol. The van der Waals surface area contributed by atoms with Gasteiger partial charge in [0, 0.05) is 45.3 Å². The maximum Gasteiger partial charge on any atom is 0.244 e. The highest BCUT2D eigenvalue weighted by Gasteiger charge is 2.37. The van der Waals surface area contributed by atoms with Crippen LogP contribution in [0.5, 0.6) is 5.75 Å². The number of piperazine rings is 1. The largest absolute Gasteiger partial charge is 0.495 e. The van der Waals surface area contributed by atoms with Crippen LogP contribution >= 0.6 is 23.2 Å². The van der Waals surface area contributed by atoms with Gasteiger partial charge in [-0.2, -0.15) is 4.31 Å². The van der Waals surface area contributed by atoms with E-state index in [0.29, 0.717) is 18.8 Å². The van der Waals surface area contributed by atoms with E-state index in [0.717, 1.165) is 32.6 Å². The SMILES string of the molecule is COc1ccc(S(=O)(=O)N2CCC(N3CCNCC3)C2)c(Cl)c1Cl. The number of rotatable bonds is 4. The summed E-state index contributed by atoms with van der Waals surface area (Å²) in [6, 6.07) is 3.25. The van der Waals surface area contributed by atoms with Gasteiger partial charge >= 0.3 is 0 Å². The molecule has 0 aliphatic carbocycles. The molecule has 134 valence electrons. The van der Waals surface area contributed by atoms with Gasteiger partial charge in [-0.25, -0.2) is 8.42 Å². The van der Waals surface area contributed by atoms with Crippen molar-refractivity contribution >= 4 is 33.2 Å². The molecule has 1 atom stereocenters. The van der Waals surface area contributed by atoms with Gasteiger partial charge in [-0.15, -0.1) is 0 Å². The molecule has 2 aliphatic rings. The molecular formula is C15H21Cl2N3O3S. The van der Waals surface area contributed by atoms with Gasteiger partial charge in [-0.05, 0) is 18.6 Å². The van der Waals surface area contributed by atoms with E-state index < -0.39 is 10.0 Å². The number of sulfonamides is 1. The molecule has 1 N–H and O–H groups in total. The molecule has 0 spiro atoms. The van der Waals surface area contributed by atoms with Crippen LogP contribution in [0.2, 0.25) is 10.0 Å². The first kappa shape index (κ1) is 18.2. The molecule has 24 heavy (non-hydrogen) atoms. The summed E-state index contributed by atoms with van der Waals surface area (Å²) < 4.78 is 32.5. The van der Waals surface area contributed by atoms with Crippen LogP contribution in [-0.2, 0) is 10.0 Å². The molecule has 0 aromatic heterocycles. The average molecular weight is 394 g/mol. The third-order valence-corrected chi connectivity index (χ3v) is 7.53. The van der Waals surface area contributed by atoms with Crippen LogP contribution in [0.3, 0.4) is 0 Å². The van der Waals surface area contributed by atoms with Gasteiger partial charge in [0.05, 0.1) is 12.1 Å². The highest BCUT2D eigenvalue weighted by molar-refractivity contribution is 7.89. The summed E-state index contributed by atoms with van der Waals surface area (Å²) in [5, 5.41) is 3.45. The Bertz CT molecular complexity index is 708. The van der Waals surface area contributed by atoms with Gasteiger partial charge < -0.3 is 10.1 Å². The first-order chi connectivity index (χ1) is 11.4. The lowest BCUT2D eigenvalue weighted by molar-refractivity contribution is 0.179. The predicted molar refractivity (Wildman–Crippen MR) is 94.6 cm³/mol. The van der Waals surface area contributed by atoms with Gasteiger partial charge in [0.2, 0.25) is 10.0 Å². The Morgan fingerprint density at radius 2 is 1.88 bits per heavy atom. The molecule has 9 heteroatoms. The molecule has 0 bridgehead atoms. The number of nitrogens with one attached hydrogen (secondary N) is 1. The van der Waals surface area contributed by atoms with Crippen molar-refractivity contribution < 1.29 is 13.2 Å². The minimum absolute atomic E-state index is 0.0154. The number of ether oxygens (including phenoxy) is 1. The second kappa shape index (κ2) is 7.35. The number of hydrogen-bond acceptors (Lipinski definition) is 5. The van der Waals surface area contributed by atoms with E-state index >= 15 is 0 Å². The maximum atomic E-state index is 12.9. The topological polar surface area (TPSA) is 61.9 Å². The average Bonchev–Trinajstić information content (AvgIpc) is 3.09. The first-order valence-electron chi connectivity index (χ1n) is 7.92. The molecule has 1 aromatic carbocycles. The Kier molecular flexibility index (Phi) is 5.58. The lowest BCUT2D eigenvalue weighted by Gasteiger charge is -2.32. The molecule has 0 saturated carbocycles. The molecule has 2 saturated heterocycles. The monoisotopic (exact) mass is 393 g/mol. The summed E-state index contributed by atoms with van der Waals surface area (Å²) in [6.45, 7) is 4.78. The second-order valence-electron chi connectivity index (χ2n) is 5.99. The number of nitrogens with zero attached hydrogens (tertiary/aromatic N) is 2. The van der Waals surface area contributed by atoms with Crippen molar-refractivity contribution in [1.82, 2.24) is 14.5 Å². The number of hydrogen-bond donors (Lipinski definition) is 1. The standard InChI is InChI=1S/C15H21Cl2N3O3S/c1-23-12-2-3-13(15(17)14(12)16)24(21,22)20-7-4-11(10-20)19-8-5-18-6-9-19/h2-3,11,18H,4-10H2,1H3. The minimum atomic E-state index is -3.67. The Morgan fingerprint density at radius 3 is 2.54 bits per heavy atom. The third kappa shape index (κ3) is 3.38. The number of halogens is 2. The summed E-state index contributed by atoms with van der Waals surface area (Å²) >= 11 is 12.3. The molecule has 3 rings (SSSR count). The van der Waals surface area contributed by atoms with E-state index in [2.05, 4.69) is 10.2 Å². The number of methoxy groups -OCH3 is 1. The van der Waals surface area contributed by atoms with Crippen molar-refractivity contribution in [1.29, 1.82) is 0 Å². The van der Waals surface area contributed by atoms with Crippen molar-refractivity contribution in [3.05, 3.63) is 22.2 Å². The first-order valence-corrected chi connectivity index (χ1v) is 10.1. The van der Waals surface area contributed by atoms with Gasteiger partial charge in [0.15, 0.2) is 0 Å². The smallest absolute Gasteiger partial charge is 0.244 e. The third-order valence-electron chi connectivity index (χ3n) is 4.64. The van der Waals surface area contributed by atoms with Gasteiger partial charge in [0.1, 0.15) is 15.7 Å². The van der Waals surface area contributed by atoms with Crippen molar-refractivity contribution in [2.24, 2.45) is 0 Å². The summed E-state index contributed by atoms with van der Waals surface area (Å²) in [7, 11) is -2.21. The van der Waals surface area contributed by atoms with E-state index in [-0.39, 0.29) is 21.0 Å². The second-order valence-corrected chi connectivity index (χ2v) is 8.65. The minimum Gasteiger partial charge on any atom is -0.495 e. The zero-order chi connectivity index (χ0) is 17.3. The molecule has 2 heterocycles. The van der Waals surface area contributed by atoms with Crippen LogP contribution in [0.25, 0.3) is 0 Å². The fourth-order valence-electron chi connectivity index (χ4n) is 3.28. The zero-order valence-electron chi connectivity index (χ0n) is 13.5. The van der Waals surface area contributed by atoms with Crippen molar-refractivity contribution in [3.63, 3.8) is 0 Å². The summed E-state index contributed by atoms with van der Waals surface area (Å²) in [5.74, 6) is 0.362. The van der Waals surface area contributed by atoms with E-state index in [1.807, 2.05) is 0 Å². The van der Waals surface area contributed by atoms with Crippen LogP contribution in [0, 0.1) is 0 Å². The zero-order valence-corrected chi connectivity index (χ0v) is 15.8. The predicted octanol–water partition coefficient (Wildman–Crippen LogP) is 1.67. The van der Waals surface area contributed by atoms with Crippen molar-refractivity contribution in [3.8, 4) is 5.75 Å². The summed E-state index contributed by atoms with van der Waals surface area (Å²) in [5.41, 5.74) is 0. The summed E-state index contributed by atoms with van der Waals surface area (Å²) in [4.78, 5) is 2.39. The van der Waals surface area contributed by atoms with Crippen LogP contribution in [0.1, 0.15) is 6.42 Å². The quantitative estimate of drug-likeness (QED) is 0.842. The van der Waals surface area contributed by atoms with Crippen LogP contribution in [-0.4, -0.2) is 70.0 Å². The molecule has 2 fully saturated rings.